The summed E-state index contributed by atoms with van der Waals surface area (Å²) in [6, 6.07) is 0. The molecule has 0 spiro atoms. The van der Waals surface area contributed by atoms with Crippen molar-refractivity contribution in [3.05, 3.63) is 11.9 Å². The minimum absolute atomic E-state index is 0.162. The highest BCUT2D eigenvalue weighted by molar-refractivity contribution is 5.97. The molecule has 1 atom stereocenters. The lowest BCUT2D eigenvalue weighted by Crippen LogP contribution is -2.48. The average Bonchev–Trinajstić information content (AvgIpc) is 2.49. The van der Waals surface area contributed by atoms with Crippen LogP contribution in [-0.4, -0.2) is 21.2 Å². The summed E-state index contributed by atoms with van der Waals surface area (Å²) in [7, 11) is 1.83. The van der Waals surface area contributed by atoms with Crippen molar-refractivity contribution in [2.45, 2.75) is 39.2 Å². The summed E-state index contributed by atoms with van der Waals surface area (Å²) >= 11 is 0. The number of carbonyl (C=O) groups excluding carboxylic acids is 1. The number of nitrogens with zero attached hydrogens (tertiary/aromatic N) is 2. The van der Waals surface area contributed by atoms with E-state index in [1.54, 1.807) is 17.8 Å². The number of nitrogens with one attached hydrogen (secondary N) is 1. The van der Waals surface area contributed by atoms with Gasteiger partial charge in [-0.05, 0) is 20.3 Å². The molecule has 16 heavy (non-hydrogen) atoms. The van der Waals surface area contributed by atoms with Crippen LogP contribution in [0.3, 0.4) is 0 Å². The standard InChI is InChI=1S/C11H20N4O/c1-5-6-11(3,12)10(16)14-9-7-13-15(4)8(9)2/h7H,5-6,12H2,1-4H3,(H,14,16). The number of nitrogens with two attached hydrogens (primary N) is 1. The SMILES string of the molecule is CCCC(C)(N)C(=O)Nc1cnn(C)c1C. The summed E-state index contributed by atoms with van der Waals surface area (Å²) in [5.41, 5.74) is 6.75. The number of rotatable bonds is 4. The van der Waals surface area contributed by atoms with Gasteiger partial charge in [0.15, 0.2) is 0 Å². The number of carbonyl (C=O) groups is 1. The van der Waals surface area contributed by atoms with Crippen molar-refractivity contribution in [3.8, 4) is 0 Å². The van der Waals surface area contributed by atoms with E-state index in [0.29, 0.717) is 6.42 Å². The number of aryl methyl sites for hydroxylation is 1. The van der Waals surface area contributed by atoms with Gasteiger partial charge in [-0.25, -0.2) is 0 Å². The monoisotopic (exact) mass is 224 g/mol. The molecule has 1 unspecified atom stereocenters. The van der Waals surface area contributed by atoms with Crippen LogP contribution in [0.5, 0.6) is 0 Å². The Bertz CT molecular complexity index is 381. The second-order valence-electron chi connectivity index (χ2n) is 4.39. The van der Waals surface area contributed by atoms with Gasteiger partial charge in [0.25, 0.3) is 0 Å². The molecule has 1 aromatic rings. The summed E-state index contributed by atoms with van der Waals surface area (Å²) in [6.45, 7) is 5.65. The van der Waals surface area contributed by atoms with E-state index in [1.165, 1.54) is 0 Å². The van der Waals surface area contributed by atoms with Gasteiger partial charge in [0.1, 0.15) is 0 Å². The van der Waals surface area contributed by atoms with Crippen molar-refractivity contribution in [2.75, 3.05) is 5.32 Å². The van der Waals surface area contributed by atoms with E-state index < -0.39 is 5.54 Å². The average molecular weight is 224 g/mol. The number of hydrogen-bond acceptors (Lipinski definition) is 3. The van der Waals surface area contributed by atoms with Crippen LogP contribution in [-0.2, 0) is 11.8 Å². The maximum atomic E-state index is 11.9. The maximum absolute atomic E-state index is 11.9. The Kier molecular flexibility index (Phi) is 3.70. The van der Waals surface area contributed by atoms with E-state index in [2.05, 4.69) is 10.4 Å². The molecule has 1 aromatic heterocycles. The fourth-order valence-electron chi connectivity index (χ4n) is 1.52. The summed E-state index contributed by atoms with van der Waals surface area (Å²) in [5, 5.41) is 6.87. The number of aromatic nitrogens is 2. The molecule has 1 rings (SSSR count). The van der Waals surface area contributed by atoms with Gasteiger partial charge in [0.2, 0.25) is 5.91 Å². The van der Waals surface area contributed by atoms with Crippen LogP contribution in [0.2, 0.25) is 0 Å². The van der Waals surface area contributed by atoms with Crippen molar-refractivity contribution in [1.82, 2.24) is 9.78 Å². The molecule has 0 radical (unpaired) electrons. The van der Waals surface area contributed by atoms with Crippen molar-refractivity contribution < 1.29 is 4.79 Å². The lowest BCUT2D eigenvalue weighted by molar-refractivity contribution is -0.120. The van der Waals surface area contributed by atoms with Gasteiger partial charge in [-0.15, -0.1) is 0 Å². The van der Waals surface area contributed by atoms with Gasteiger partial charge < -0.3 is 11.1 Å². The Balaban J connectivity index is 2.75. The first kappa shape index (κ1) is 12.7. The van der Waals surface area contributed by atoms with Crippen LogP contribution in [0.15, 0.2) is 6.20 Å². The molecule has 0 aliphatic heterocycles. The molecular weight excluding hydrogens is 204 g/mol. The molecule has 0 saturated heterocycles. The summed E-state index contributed by atoms with van der Waals surface area (Å²) in [5.74, 6) is -0.162. The lowest BCUT2D eigenvalue weighted by atomic mass is 9.96. The van der Waals surface area contributed by atoms with Crippen molar-refractivity contribution in [3.63, 3.8) is 0 Å². The summed E-state index contributed by atoms with van der Waals surface area (Å²) in [4.78, 5) is 11.9. The van der Waals surface area contributed by atoms with Crippen LogP contribution in [0.25, 0.3) is 0 Å². The Hall–Kier alpha value is -1.36. The fourth-order valence-corrected chi connectivity index (χ4v) is 1.52. The van der Waals surface area contributed by atoms with Crippen LogP contribution in [0, 0.1) is 6.92 Å². The van der Waals surface area contributed by atoms with Gasteiger partial charge in [-0.1, -0.05) is 13.3 Å². The third-order valence-corrected chi connectivity index (χ3v) is 2.77. The predicted molar refractivity (Wildman–Crippen MR) is 64.1 cm³/mol. The van der Waals surface area contributed by atoms with Crippen LogP contribution in [0.1, 0.15) is 32.4 Å². The van der Waals surface area contributed by atoms with E-state index >= 15 is 0 Å². The molecular formula is C11H20N4O. The van der Waals surface area contributed by atoms with Crippen LogP contribution < -0.4 is 11.1 Å². The highest BCUT2D eigenvalue weighted by atomic mass is 16.2. The molecule has 0 bridgehead atoms. The van der Waals surface area contributed by atoms with Gasteiger partial charge in [-0.2, -0.15) is 5.10 Å². The van der Waals surface area contributed by atoms with Crippen molar-refractivity contribution in [1.29, 1.82) is 0 Å². The molecule has 1 heterocycles. The van der Waals surface area contributed by atoms with Crippen LogP contribution >= 0.6 is 0 Å². The molecule has 5 heteroatoms. The molecule has 1 amide bonds. The second kappa shape index (κ2) is 4.65. The molecule has 0 saturated carbocycles. The van der Waals surface area contributed by atoms with Gasteiger partial charge in [-0.3, -0.25) is 9.48 Å². The maximum Gasteiger partial charge on any atom is 0.244 e. The molecule has 5 nitrogen and oxygen atoms in total. The minimum atomic E-state index is -0.822. The summed E-state index contributed by atoms with van der Waals surface area (Å²) < 4.78 is 1.71. The highest BCUT2D eigenvalue weighted by Gasteiger charge is 2.27. The zero-order chi connectivity index (χ0) is 12.3. The molecule has 90 valence electrons. The molecule has 0 aliphatic carbocycles. The third kappa shape index (κ3) is 2.61. The van der Waals surface area contributed by atoms with E-state index in [9.17, 15) is 4.79 Å². The fraction of sp³-hybridized carbons (Fsp3) is 0.636. The largest absolute Gasteiger partial charge is 0.322 e. The van der Waals surface area contributed by atoms with Crippen molar-refractivity contribution in [2.24, 2.45) is 12.8 Å². The summed E-state index contributed by atoms with van der Waals surface area (Å²) in [6.07, 6.45) is 3.18. The lowest BCUT2D eigenvalue weighted by Gasteiger charge is -2.22. The first-order chi connectivity index (χ1) is 7.38. The quantitative estimate of drug-likeness (QED) is 0.806. The zero-order valence-electron chi connectivity index (χ0n) is 10.4. The second-order valence-corrected chi connectivity index (χ2v) is 4.39. The van der Waals surface area contributed by atoms with Gasteiger partial charge >= 0.3 is 0 Å². The Morgan fingerprint density at radius 3 is 2.75 bits per heavy atom. The first-order valence-electron chi connectivity index (χ1n) is 5.47. The Labute approximate surface area is 96.0 Å². The zero-order valence-corrected chi connectivity index (χ0v) is 10.4. The van der Waals surface area contributed by atoms with Crippen molar-refractivity contribution >= 4 is 11.6 Å². The Morgan fingerprint density at radius 1 is 1.69 bits per heavy atom. The predicted octanol–water partition coefficient (Wildman–Crippen LogP) is 1.18. The van der Waals surface area contributed by atoms with Crippen LogP contribution in [0.4, 0.5) is 5.69 Å². The molecule has 0 fully saturated rings. The smallest absolute Gasteiger partial charge is 0.244 e. The normalized spacial score (nSPS) is 14.6. The van der Waals surface area contributed by atoms with E-state index in [4.69, 9.17) is 5.73 Å². The van der Waals surface area contributed by atoms with E-state index in [-0.39, 0.29) is 5.91 Å². The minimum Gasteiger partial charge on any atom is -0.322 e. The topological polar surface area (TPSA) is 72.9 Å². The number of anilines is 1. The van der Waals surface area contributed by atoms with Gasteiger partial charge in [0, 0.05) is 7.05 Å². The first-order valence-corrected chi connectivity index (χ1v) is 5.47. The van der Waals surface area contributed by atoms with E-state index in [0.717, 1.165) is 17.8 Å². The Morgan fingerprint density at radius 2 is 2.31 bits per heavy atom. The highest BCUT2D eigenvalue weighted by Crippen LogP contribution is 2.16. The molecule has 0 aromatic carbocycles. The van der Waals surface area contributed by atoms with E-state index in [1.807, 2.05) is 20.9 Å². The number of hydrogen-bond donors (Lipinski definition) is 2. The molecule has 0 aliphatic rings. The third-order valence-electron chi connectivity index (χ3n) is 2.77. The molecule has 3 N–H and O–H groups in total. The van der Waals surface area contributed by atoms with Gasteiger partial charge in [0.05, 0.1) is 23.1 Å². The number of amides is 1.